The van der Waals surface area contributed by atoms with Crippen LogP contribution in [0.15, 0.2) is 78.9 Å². The molecular weight excluding hydrogens is 377 g/mol. The highest BCUT2D eigenvalue weighted by molar-refractivity contribution is 7.80. The van der Waals surface area contributed by atoms with E-state index in [-0.39, 0.29) is 16.6 Å². The summed E-state index contributed by atoms with van der Waals surface area (Å²) in [6.45, 7) is 0. The van der Waals surface area contributed by atoms with Gasteiger partial charge in [-0.1, -0.05) is 30.3 Å². The van der Waals surface area contributed by atoms with Crippen molar-refractivity contribution in [3.63, 3.8) is 0 Å². The summed E-state index contributed by atoms with van der Waals surface area (Å²) >= 11 is 5.17. The fraction of sp³-hybridized carbons (Fsp3) is 0. The molecule has 0 bridgehead atoms. The Morgan fingerprint density at radius 1 is 0.750 bits per heavy atom. The Kier molecular flexibility index (Phi) is 6.08. The zero-order valence-electron chi connectivity index (χ0n) is 14.6. The van der Waals surface area contributed by atoms with Crippen molar-refractivity contribution in [2.75, 3.05) is 10.6 Å². The van der Waals surface area contributed by atoms with Gasteiger partial charge < -0.3 is 10.6 Å². The first-order valence-corrected chi connectivity index (χ1v) is 8.77. The van der Waals surface area contributed by atoms with Crippen LogP contribution in [0.2, 0.25) is 0 Å². The van der Waals surface area contributed by atoms with Crippen molar-refractivity contribution < 1.29 is 14.0 Å². The van der Waals surface area contributed by atoms with E-state index in [0.29, 0.717) is 16.9 Å². The van der Waals surface area contributed by atoms with Crippen molar-refractivity contribution in [1.29, 1.82) is 0 Å². The molecule has 0 aliphatic heterocycles. The summed E-state index contributed by atoms with van der Waals surface area (Å²) < 4.78 is 13.0. The molecule has 3 N–H and O–H groups in total. The van der Waals surface area contributed by atoms with Crippen molar-refractivity contribution in [3.8, 4) is 0 Å². The average molecular weight is 393 g/mol. The van der Waals surface area contributed by atoms with Crippen LogP contribution in [0.5, 0.6) is 0 Å². The molecule has 140 valence electrons. The van der Waals surface area contributed by atoms with E-state index in [1.165, 1.54) is 24.3 Å². The fourth-order valence-electron chi connectivity index (χ4n) is 2.44. The molecule has 0 aromatic heterocycles. The molecule has 0 aliphatic carbocycles. The number of benzene rings is 3. The molecule has 7 heteroatoms. The largest absolute Gasteiger partial charge is 0.332 e. The molecule has 0 heterocycles. The second-order valence-electron chi connectivity index (χ2n) is 5.78. The summed E-state index contributed by atoms with van der Waals surface area (Å²) in [5.41, 5.74) is 1.74. The van der Waals surface area contributed by atoms with Crippen LogP contribution in [0.25, 0.3) is 0 Å². The lowest BCUT2D eigenvalue weighted by molar-refractivity contribution is 0.0976. The predicted octanol–water partition coefficient (Wildman–Crippen LogP) is 4.20. The van der Waals surface area contributed by atoms with Gasteiger partial charge in [-0.3, -0.25) is 14.9 Å². The fourth-order valence-corrected chi connectivity index (χ4v) is 2.64. The monoisotopic (exact) mass is 393 g/mol. The summed E-state index contributed by atoms with van der Waals surface area (Å²) in [6, 6.07) is 20.9. The molecule has 2 amide bonds. The van der Waals surface area contributed by atoms with E-state index >= 15 is 0 Å². The number of rotatable bonds is 4. The first-order chi connectivity index (χ1) is 13.5. The quantitative estimate of drug-likeness (QED) is 0.581. The van der Waals surface area contributed by atoms with E-state index in [2.05, 4.69) is 16.0 Å². The first kappa shape index (κ1) is 19.2. The number of halogens is 1. The lowest BCUT2D eigenvalue weighted by Gasteiger charge is -2.13. The lowest BCUT2D eigenvalue weighted by atomic mass is 10.1. The number of amides is 2. The van der Waals surface area contributed by atoms with Gasteiger partial charge in [0.05, 0.1) is 11.3 Å². The number of para-hydroxylation sites is 2. The van der Waals surface area contributed by atoms with Gasteiger partial charge in [-0.15, -0.1) is 0 Å². The topological polar surface area (TPSA) is 70.2 Å². The van der Waals surface area contributed by atoms with E-state index < -0.39 is 11.7 Å². The van der Waals surface area contributed by atoms with Crippen LogP contribution in [-0.4, -0.2) is 16.9 Å². The molecule has 0 atom stereocenters. The normalized spacial score (nSPS) is 10.0. The second-order valence-corrected chi connectivity index (χ2v) is 6.19. The van der Waals surface area contributed by atoms with Crippen molar-refractivity contribution in [3.05, 3.63) is 95.8 Å². The number of nitrogens with one attached hydrogen (secondary N) is 3. The molecule has 0 spiro atoms. The van der Waals surface area contributed by atoms with Gasteiger partial charge in [0.25, 0.3) is 11.8 Å². The third-order valence-electron chi connectivity index (χ3n) is 3.79. The van der Waals surface area contributed by atoms with Crippen LogP contribution in [0.4, 0.5) is 15.8 Å². The molecule has 0 saturated carbocycles. The molecule has 5 nitrogen and oxygen atoms in total. The van der Waals surface area contributed by atoms with Crippen LogP contribution in [-0.2, 0) is 0 Å². The van der Waals surface area contributed by atoms with Gasteiger partial charge in [0.2, 0.25) is 0 Å². The highest BCUT2D eigenvalue weighted by atomic mass is 32.1. The molecule has 3 aromatic rings. The van der Waals surface area contributed by atoms with Crippen molar-refractivity contribution in [2.45, 2.75) is 0 Å². The van der Waals surface area contributed by atoms with Crippen LogP contribution >= 0.6 is 12.2 Å². The Balaban J connectivity index is 1.68. The second kappa shape index (κ2) is 8.88. The number of hydrogen-bond donors (Lipinski definition) is 3. The molecule has 0 saturated heterocycles. The lowest BCUT2D eigenvalue weighted by Crippen LogP contribution is -2.34. The summed E-state index contributed by atoms with van der Waals surface area (Å²) in [7, 11) is 0. The van der Waals surface area contributed by atoms with E-state index in [1.54, 1.807) is 36.4 Å². The van der Waals surface area contributed by atoms with Crippen molar-refractivity contribution >= 4 is 40.5 Å². The van der Waals surface area contributed by atoms with Gasteiger partial charge in [0.1, 0.15) is 5.82 Å². The van der Waals surface area contributed by atoms with Crippen LogP contribution in [0.1, 0.15) is 20.7 Å². The van der Waals surface area contributed by atoms with Crippen molar-refractivity contribution in [2.24, 2.45) is 0 Å². The molecule has 0 radical (unpaired) electrons. The van der Waals surface area contributed by atoms with Gasteiger partial charge in [-0.2, -0.15) is 0 Å². The number of anilines is 2. The third-order valence-corrected chi connectivity index (χ3v) is 3.99. The maximum atomic E-state index is 13.0. The van der Waals surface area contributed by atoms with E-state index in [9.17, 15) is 14.0 Å². The van der Waals surface area contributed by atoms with Gasteiger partial charge in [0.15, 0.2) is 5.11 Å². The van der Waals surface area contributed by atoms with Crippen LogP contribution in [0.3, 0.4) is 0 Å². The number of hydrogen-bond acceptors (Lipinski definition) is 3. The van der Waals surface area contributed by atoms with Crippen LogP contribution < -0.4 is 16.0 Å². The number of thiocarbonyl (C=S) groups is 1. The van der Waals surface area contributed by atoms with E-state index in [1.807, 2.05) is 18.2 Å². The smallest absolute Gasteiger partial charge is 0.257 e. The zero-order valence-corrected chi connectivity index (χ0v) is 15.4. The standard InChI is InChI=1S/C21H16FN3O2S/c22-15-12-10-14(11-13-15)19(26)25-21(28)24-18-9-5-4-8-17(18)20(27)23-16-6-2-1-3-7-16/h1-13H,(H,23,27)(H2,24,25,26,28). The first-order valence-electron chi connectivity index (χ1n) is 8.36. The van der Waals surface area contributed by atoms with E-state index in [0.717, 1.165) is 0 Å². The van der Waals surface area contributed by atoms with Crippen LogP contribution in [0, 0.1) is 5.82 Å². The molecule has 3 aromatic carbocycles. The molecule has 3 rings (SSSR count). The molecule has 0 fully saturated rings. The van der Waals surface area contributed by atoms with Crippen molar-refractivity contribution in [1.82, 2.24) is 5.32 Å². The molecule has 28 heavy (non-hydrogen) atoms. The maximum absolute atomic E-state index is 13.0. The Hall–Kier alpha value is -3.58. The molecular formula is C21H16FN3O2S. The minimum absolute atomic E-state index is 0.0225. The van der Waals surface area contributed by atoms with Gasteiger partial charge >= 0.3 is 0 Å². The summed E-state index contributed by atoms with van der Waals surface area (Å²) in [5.74, 6) is -1.23. The average Bonchev–Trinajstić information content (AvgIpc) is 2.69. The van der Waals surface area contributed by atoms with Gasteiger partial charge in [-0.05, 0) is 60.7 Å². The highest BCUT2D eigenvalue weighted by Gasteiger charge is 2.14. The maximum Gasteiger partial charge on any atom is 0.257 e. The summed E-state index contributed by atoms with van der Waals surface area (Å²) in [4.78, 5) is 24.8. The van der Waals surface area contributed by atoms with Gasteiger partial charge in [-0.25, -0.2) is 4.39 Å². The Bertz CT molecular complexity index is 1010. The molecule has 0 unspecified atom stereocenters. The van der Waals surface area contributed by atoms with E-state index in [4.69, 9.17) is 12.2 Å². The number of carbonyl (C=O) groups excluding carboxylic acids is 2. The molecule has 0 aliphatic rings. The predicted molar refractivity (Wildman–Crippen MR) is 111 cm³/mol. The SMILES string of the molecule is O=C(NC(=S)Nc1ccccc1C(=O)Nc1ccccc1)c1ccc(F)cc1. The summed E-state index contributed by atoms with van der Waals surface area (Å²) in [5, 5.41) is 8.18. The Morgan fingerprint density at radius 2 is 1.39 bits per heavy atom. The Labute approximate surface area is 166 Å². The minimum atomic E-state index is -0.483. The Morgan fingerprint density at radius 3 is 2.11 bits per heavy atom. The highest BCUT2D eigenvalue weighted by Crippen LogP contribution is 2.17. The zero-order chi connectivity index (χ0) is 19.9. The summed E-state index contributed by atoms with van der Waals surface area (Å²) in [6.07, 6.45) is 0. The number of carbonyl (C=O) groups is 2. The third kappa shape index (κ3) is 4.99. The minimum Gasteiger partial charge on any atom is -0.332 e. The van der Waals surface area contributed by atoms with Gasteiger partial charge in [0, 0.05) is 11.3 Å².